The summed E-state index contributed by atoms with van der Waals surface area (Å²) in [6, 6.07) is 25.7. The standard InChI is InChI=1S/C32H25ClN4O3S/c33-29-15-22(20-11-13-36-37-17-20)14-23(30(29)41-31-21(18-38)6-5-12-34-31)16-35-32(39)40-19-28-26-9-3-1-7-24(26)25-8-2-4-10-27(25)28/h1-15,17,28,38H,16,18-19H2,(H,35,39). The van der Waals surface area contributed by atoms with Crippen LogP contribution in [0.25, 0.3) is 22.3 Å². The van der Waals surface area contributed by atoms with E-state index in [1.807, 2.05) is 48.5 Å². The lowest BCUT2D eigenvalue weighted by Gasteiger charge is -2.17. The van der Waals surface area contributed by atoms with Gasteiger partial charge in [0.1, 0.15) is 11.6 Å². The molecule has 2 heterocycles. The number of rotatable bonds is 8. The van der Waals surface area contributed by atoms with Gasteiger partial charge in [-0.25, -0.2) is 9.78 Å². The number of aliphatic hydroxyl groups excluding tert-OH is 1. The van der Waals surface area contributed by atoms with Crippen molar-refractivity contribution >= 4 is 29.5 Å². The lowest BCUT2D eigenvalue weighted by atomic mass is 9.98. The van der Waals surface area contributed by atoms with Crippen molar-refractivity contribution in [2.24, 2.45) is 0 Å². The van der Waals surface area contributed by atoms with Gasteiger partial charge in [-0.3, -0.25) is 0 Å². The van der Waals surface area contributed by atoms with E-state index in [4.69, 9.17) is 16.3 Å². The molecular formula is C32H25ClN4O3S. The van der Waals surface area contributed by atoms with Crippen molar-refractivity contribution in [3.8, 4) is 22.3 Å². The minimum absolute atomic E-state index is 0.0303. The number of fused-ring (bicyclic) bond motifs is 3. The van der Waals surface area contributed by atoms with Gasteiger partial charge in [0.2, 0.25) is 0 Å². The van der Waals surface area contributed by atoms with Gasteiger partial charge in [0.25, 0.3) is 0 Å². The minimum Gasteiger partial charge on any atom is -0.449 e. The largest absolute Gasteiger partial charge is 0.449 e. The van der Waals surface area contributed by atoms with E-state index in [0.717, 1.165) is 32.7 Å². The molecule has 0 radical (unpaired) electrons. The van der Waals surface area contributed by atoms with Crippen LogP contribution in [0.2, 0.25) is 5.02 Å². The van der Waals surface area contributed by atoms with Gasteiger partial charge >= 0.3 is 6.09 Å². The molecule has 204 valence electrons. The highest BCUT2D eigenvalue weighted by Crippen LogP contribution is 2.44. The van der Waals surface area contributed by atoms with Crippen LogP contribution in [0.1, 0.15) is 28.2 Å². The van der Waals surface area contributed by atoms with Crippen molar-refractivity contribution in [1.82, 2.24) is 20.5 Å². The van der Waals surface area contributed by atoms with Gasteiger partial charge in [0.15, 0.2) is 0 Å². The van der Waals surface area contributed by atoms with Gasteiger partial charge in [-0.15, -0.1) is 0 Å². The molecule has 0 bridgehead atoms. The van der Waals surface area contributed by atoms with E-state index in [0.29, 0.717) is 15.6 Å². The molecular weight excluding hydrogens is 556 g/mol. The second-order valence-corrected chi connectivity index (χ2v) is 10.9. The number of carbonyl (C=O) groups is 1. The highest BCUT2D eigenvalue weighted by atomic mass is 35.5. The van der Waals surface area contributed by atoms with E-state index in [2.05, 4.69) is 44.8 Å². The second kappa shape index (κ2) is 12.1. The van der Waals surface area contributed by atoms with E-state index in [1.165, 1.54) is 22.9 Å². The Morgan fingerprint density at radius 3 is 2.37 bits per heavy atom. The molecule has 6 rings (SSSR count). The molecule has 7 nitrogen and oxygen atoms in total. The van der Waals surface area contributed by atoms with Crippen molar-refractivity contribution in [2.75, 3.05) is 6.61 Å². The van der Waals surface area contributed by atoms with Crippen LogP contribution in [-0.4, -0.2) is 33.0 Å². The molecule has 0 saturated carbocycles. The van der Waals surface area contributed by atoms with Crippen LogP contribution in [0.5, 0.6) is 0 Å². The third-order valence-corrected chi connectivity index (χ3v) is 8.68. The maximum atomic E-state index is 13.0. The maximum Gasteiger partial charge on any atom is 0.407 e. The summed E-state index contributed by atoms with van der Waals surface area (Å²) in [5, 5.41) is 21.7. The topological polar surface area (TPSA) is 97.2 Å². The highest BCUT2D eigenvalue weighted by Gasteiger charge is 2.29. The molecule has 0 spiro atoms. The number of halogens is 1. The van der Waals surface area contributed by atoms with Crippen molar-refractivity contribution < 1.29 is 14.6 Å². The quantitative estimate of drug-likeness (QED) is 0.207. The van der Waals surface area contributed by atoms with Crippen LogP contribution in [0.15, 0.2) is 107 Å². The van der Waals surface area contributed by atoms with Gasteiger partial charge in [-0.1, -0.05) is 78.0 Å². The lowest BCUT2D eigenvalue weighted by Crippen LogP contribution is -2.26. The molecule has 5 aromatic rings. The average Bonchev–Trinajstić information content (AvgIpc) is 3.34. The minimum atomic E-state index is -0.524. The number of amides is 1. The summed E-state index contributed by atoms with van der Waals surface area (Å²) in [6.07, 6.45) is 4.41. The number of aromatic nitrogens is 3. The van der Waals surface area contributed by atoms with Crippen LogP contribution in [-0.2, 0) is 17.9 Å². The molecule has 1 amide bonds. The monoisotopic (exact) mass is 580 g/mol. The molecule has 1 aliphatic rings. The number of nitrogens with one attached hydrogen (secondary N) is 1. The number of hydrogen-bond donors (Lipinski definition) is 2. The fourth-order valence-corrected chi connectivity index (χ4v) is 6.42. The predicted molar refractivity (Wildman–Crippen MR) is 159 cm³/mol. The summed E-state index contributed by atoms with van der Waals surface area (Å²) in [6.45, 7) is 0.243. The number of pyridine rings is 1. The molecule has 41 heavy (non-hydrogen) atoms. The molecule has 0 unspecified atom stereocenters. The zero-order valence-corrected chi connectivity index (χ0v) is 23.4. The first kappa shape index (κ1) is 27.0. The Hall–Kier alpha value is -4.24. The van der Waals surface area contributed by atoms with Crippen LogP contribution >= 0.6 is 23.4 Å². The van der Waals surface area contributed by atoms with Gasteiger partial charge in [-0.2, -0.15) is 10.2 Å². The van der Waals surface area contributed by atoms with Crippen molar-refractivity contribution in [3.63, 3.8) is 0 Å². The third-order valence-electron chi connectivity index (χ3n) is 7.02. The van der Waals surface area contributed by atoms with E-state index in [-0.39, 0.29) is 25.7 Å². The zero-order valence-electron chi connectivity index (χ0n) is 21.8. The fourth-order valence-electron chi connectivity index (χ4n) is 5.07. The molecule has 1 aliphatic carbocycles. The summed E-state index contributed by atoms with van der Waals surface area (Å²) in [5.74, 6) is -0.0303. The van der Waals surface area contributed by atoms with E-state index < -0.39 is 6.09 Å². The van der Waals surface area contributed by atoms with E-state index >= 15 is 0 Å². The van der Waals surface area contributed by atoms with Crippen LogP contribution in [0.4, 0.5) is 4.79 Å². The highest BCUT2D eigenvalue weighted by molar-refractivity contribution is 7.99. The normalized spacial score (nSPS) is 12.0. The Bertz CT molecular complexity index is 1670. The number of hydrogen-bond acceptors (Lipinski definition) is 7. The molecule has 0 aliphatic heterocycles. The lowest BCUT2D eigenvalue weighted by molar-refractivity contribution is 0.142. The molecule has 0 atom stereocenters. The first-order chi connectivity index (χ1) is 20.1. The van der Waals surface area contributed by atoms with Crippen molar-refractivity contribution in [3.05, 3.63) is 125 Å². The third kappa shape index (κ3) is 5.67. The van der Waals surface area contributed by atoms with Crippen molar-refractivity contribution in [2.45, 2.75) is 29.0 Å². The number of aliphatic hydroxyl groups is 1. The van der Waals surface area contributed by atoms with Crippen LogP contribution in [0, 0.1) is 0 Å². The molecule has 2 N–H and O–H groups in total. The molecule has 3 aromatic carbocycles. The summed E-state index contributed by atoms with van der Waals surface area (Å²) in [5.41, 5.74) is 7.79. The molecule has 9 heteroatoms. The van der Waals surface area contributed by atoms with Crippen LogP contribution < -0.4 is 5.32 Å². The number of nitrogens with zero attached hydrogens (tertiary/aromatic N) is 3. The first-order valence-corrected chi connectivity index (χ1v) is 14.2. The summed E-state index contributed by atoms with van der Waals surface area (Å²) < 4.78 is 5.75. The predicted octanol–water partition coefficient (Wildman–Crippen LogP) is 6.87. The molecule has 0 saturated heterocycles. The van der Waals surface area contributed by atoms with E-state index in [1.54, 1.807) is 24.7 Å². The van der Waals surface area contributed by atoms with Gasteiger partial charge in [-0.05, 0) is 57.6 Å². The Morgan fingerprint density at radius 1 is 0.902 bits per heavy atom. The number of alkyl carbamates (subject to hydrolysis) is 1. The fraction of sp³-hybridized carbons (Fsp3) is 0.125. The van der Waals surface area contributed by atoms with Gasteiger partial charge < -0.3 is 15.2 Å². The number of benzene rings is 3. The first-order valence-electron chi connectivity index (χ1n) is 13.0. The second-order valence-electron chi connectivity index (χ2n) is 9.48. The Morgan fingerprint density at radius 2 is 1.66 bits per heavy atom. The van der Waals surface area contributed by atoms with Crippen LogP contribution in [0.3, 0.4) is 0 Å². The molecule has 0 fully saturated rings. The summed E-state index contributed by atoms with van der Waals surface area (Å²) >= 11 is 8.14. The zero-order chi connectivity index (χ0) is 28.2. The summed E-state index contributed by atoms with van der Waals surface area (Å²) in [7, 11) is 0. The average molecular weight is 581 g/mol. The summed E-state index contributed by atoms with van der Waals surface area (Å²) in [4.78, 5) is 18.1. The van der Waals surface area contributed by atoms with Crippen molar-refractivity contribution in [1.29, 1.82) is 0 Å². The van der Waals surface area contributed by atoms with E-state index in [9.17, 15) is 9.90 Å². The maximum absolute atomic E-state index is 13.0. The number of carbonyl (C=O) groups excluding carboxylic acids is 1. The Labute approximate surface area is 246 Å². The molecule has 2 aromatic heterocycles. The Balaban J connectivity index is 1.22. The smallest absolute Gasteiger partial charge is 0.407 e. The number of ether oxygens (including phenoxy) is 1. The van der Waals surface area contributed by atoms with Gasteiger partial charge in [0.05, 0.1) is 24.0 Å². The Kier molecular flexibility index (Phi) is 7.95. The van der Waals surface area contributed by atoms with Gasteiger partial charge in [0, 0.05) is 34.7 Å². The SMILES string of the molecule is O=C(NCc1cc(-c2ccnnc2)cc(Cl)c1Sc1ncccc1CO)OCC1c2ccccc2-c2ccccc21.